The van der Waals surface area contributed by atoms with Gasteiger partial charge in [-0.3, -0.25) is 9.59 Å². The van der Waals surface area contributed by atoms with E-state index in [0.29, 0.717) is 16.6 Å². The smallest absolute Gasteiger partial charge is 0.262 e. The van der Waals surface area contributed by atoms with Gasteiger partial charge in [-0.1, -0.05) is 18.2 Å². The molecule has 0 bridgehead atoms. The molecule has 3 heterocycles. The second-order valence-electron chi connectivity index (χ2n) is 6.67. The minimum absolute atomic E-state index is 0.0235. The van der Waals surface area contributed by atoms with Gasteiger partial charge in [-0.25, -0.2) is 4.98 Å². The fourth-order valence-electron chi connectivity index (χ4n) is 3.32. The van der Waals surface area contributed by atoms with Crippen molar-refractivity contribution in [1.29, 1.82) is 0 Å². The van der Waals surface area contributed by atoms with Crippen LogP contribution >= 0.6 is 11.3 Å². The maximum absolute atomic E-state index is 12.5. The molecule has 5 rings (SSSR count). The summed E-state index contributed by atoms with van der Waals surface area (Å²) in [6.45, 7) is 0.0235. The number of nitrogens with one attached hydrogen (secondary N) is 3. The third-order valence-corrected chi connectivity index (χ3v) is 5.44. The summed E-state index contributed by atoms with van der Waals surface area (Å²) in [5.74, 6) is 0.329. The first-order valence-electron chi connectivity index (χ1n) is 9.03. The van der Waals surface area contributed by atoms with Crippen molar-refractivity contribution in [2.24, 2.45) is 0 Å². The molecule has 0 unspecified atom stereocenters. The highest BCUT2D eigenvalue weighted by Crippen LogP contribution is 2.33. The fraction of sp³-hybridized carbons (Fsp3) is 0.0952. The number of carbonyl (C=O) groups is 2. The van der Waals surface area contributed by atoms with Crippen molar-refractivity contribution in [3.63, 3.8) is 0 Å². The van der Waals surface area contributed by atoms with E-state index in [-0.39, 0.29) is 24.8 Å². The summed E-state index contributed by atoms with van der Waals surface area (Å²) >= 11 is 1.36. The molecule has 2 aromatic heterocycles. The molecule has 0 spiro atoms. The molecule has 0 fully saturated rings. The quantitative estimate of drug-likeness (QED) is 0.482. The van der Waals surface area contributed by atoms with Crippen LogP contribution < -0.4 is 15.4 Å². The van der Waals surface area contributed by atoms with Crippen molar-refractivity contribution in [1.82, 2.24) is 9.97 Å². The van der Waals surface area contributed by atoms with E-state index in [0.717, 1.165) is 27.7 Å². The van der Waals surface area contributed by atoms with Crippen LogP contribution in [-0.2, 0) is 16.0 Å². The Balaban J connectivity index is 1.31. The number of nitrogens with zero attached hydrogens (tertiary/aromatic N) is 1. The third kappa shape index (κ3) is 3.45. The molecule has 1 aliphatic rings. The molecule has 0 saturated heterocycles. The number of hydrogen-bond acceptors (Lipinski definition) is 5. The fourth-order valence-corrected chi connectivity index (χ4v) is 4.06. The van der Waals surface area contributed by atoms with Crippen molar-refractivity contribution < 1.29 is 14.3 Å². The average molecular weight is 404 g/mol. The average Bonchev–Trinajstić information content (AvgIpc) is 3.35. The molecule has 144 valence electrons. The van der Waals surface area contributed by atoms with Crippen LogP contribution in [0.2, 0.25) is 0 Å². The van der Waals surface area contributed by atoms with Crippen LogP contribution in [0, 0.1) is 0 Å². The monoisotopic (exact) mass is 404 g/mol. The third-order valence-electron chi connectivity index (χ3n) is 4.68. The zero-order valence-corrected chi connectivity index (χ0v) is 16.0. The zero-order valence-electron chi connectivity index (χ0n) is 15.2. The number of H-pyrrole nitrogens is 1. The number of thiazole rings is 1. The van der Waals surface area contributed by atoms with Gasteiger partial charge in [-0.2, -0.15) is 0 Å². The summed E-state index contributed by atoms with van der Waals surface area (Å²) < 4.78 is 5.38. The van der Waals surface area contributed by atoms with Crippen LogP contribution in [0.5, 0.6) is 5.75 Å². The number of aromatic nitrogens is 2. The van der Waals surface area contributed by atoms with E-state index in [1.165, 1.54) is 11.3 Å². The minimum atomic E-state index is -0.182. The molecule has 0 atom stereocenters. The largest absolute Gasteiger partial charge is 0.482 e. The Labute approximate surface area is 169 Å². The molecule has 0 aliphatic carbocycles. The Morgan fingerprint density at radius 3 is 3.07 bits per heavy atom. The molecular weight excluding hydrogens is 388 g/mol. The lowest BCUT2D eigenvalue weighted by atomic mass is 10.1. The second-order valence-corrected chi connectivity index (χ2v) is 7.53. The molecule has 0 radical (unpaired) electrons. The lowest BCUT2D eigenvalue weighted by Crippen LogP contribution is -2.25. The number of aromatic amines is 1. The SMILES string of the molecule is O=C(Cc1c[nH]c2ccccc12)Nc1nc(-c2ccc3c(c2)NC(=O)CO3)cs1. The van der Waals surface area contributed by atoms with Gasteiger partial charge in [0.2, 0.25) is 5.91 Å². The summed E-state index contributed by atoms with van der Waals surface area (Å²) in [5, 5.41) is 9.09. The molecule has 7 nitrogen and oxygen atoms in total. The number of hydrogen-bond donors (Lipinski definition) is 3. The predicted molar refractivity (Wildman–Crippen MR) is 112 cm³/mol. The van der Waals surface area contributed by atoms with Gasteiger partial charge in [0.15, 0.2) is 11.7 Å². The Morgan fingerprint density at radius 1 is 1.24 bits per heavy atom. The molecule has 0 saturated carbocycles. The molecule has 8 heteroatoms. The molecule has 3 N–H and O–H groups in total. The number of amides is 2. The van der Waals surface area contributed by atoms with E-state index in [4.69, 9.17) is 4.74 Å². The van der Waals surface area contributed by atoms with Gasteiger partial charge in [0, 0.05) is 28.0 Å². The summed E-state index contributed by atoms with van der Waals surface area (Å²) in [5.41, 5.74) is 4.13. The Bertz CT molecular complexity index is 1240. The standard InChI is InChI=1S/C21H16N4O3S/c26-19(8-13-9-22-15-4-2-1-3-14(13)15)25-21-24-17(11-29-21)12-5-6-18-16(7-12)23-20(27)10-28-18/h1-7,9,11,22H,8,10H2,(H,23,27)(H,24,25,26). The van der Waals surface area contributed by atoms with Gasteiger partial charge in [0.05, 0.1) is 17.8 Å². The zero-order chi connectivity index (χ0) is 19.8. The number of carbonyl (C=O) groups excluding carboxylic acids is 2. The van der Waals surface area contributed by atoms with Crippen LogP contribution in [0.25, 0.3) is 22.2 Å². The number of rotatable bonds is 4. The predicted octanol–water partition coefficient (Wildman–Crippen LogP) is 3.80. The van der Waals surface area contributed by atoms with Gasteiger partial charge in [0.25, 0.3) is 5.91 Å². The van der Waals surface area contributed by atoms with Gasteiger partial charge in [-0.05, 0) is 29.8 Å². The Hall–Kier alpha value is -3.65. The maximum Gasteiger partial charge on any atom is 0.262 e. The summed E-state index contributed by atoms with van der Waals surface area (Å²) in [6, 6.07) is 13.4. The van der Waals surface area contributed by atoms with Crippen LogP contribution in [0.3, 0.4) is 0 Å². The van der Waals surface area contributed by atoms with Crippen LogP contribution in [-0.4, -0.2) is 28.4 Å². The van der Waals surface area contributed by atoms with E-state index in [1.54, 1.807) is 6.07 Å². The molecule has 4 aromatic rings. The summed E-state index contributed by atoms with van der Waals surface area (Å²) in [7, 11) is 0. The molecular formula is C21H16N4O3S. The van der Waals surface area contributed by atoms with E-state index in [2.05, 4.69) is 20.6 Å². The molecule has 29 heavy (non-hydrogen) atoms. The number of para-hydroxylation sites is 1. The van der Waals surface area contributed by atoms with Crippen molar-refractivity contribution in [3.8, 4) is 17.0 Å². The molecule has 2 aromatic carbocycles. The minimum Gasteiger partial charge on any atom is -0.482 e. The van der Waals surface area contributed by atoms with Crippen LogP contribution in [0.1, 0.15) is 5.56 Å². The highest BCUT2D eigenvalue weighted by atomic mass is 32.1. The van der Waals surface area contributed by atoms with Gasteiger partial charge < -0.3 is 20.4 Å². The van der Waals surface area contributed by atoms with E-state index in [9.17, 15) is 9.59 Å². The topological polar surface area (TPSA) is 96.1 Å². The van der Waals surface area contributed by atoms with E-state index in [1.807, 2.05) is 48.0 Å². The van der Waals surface area contributed by atoms with Crippen molar-refractivity contribution in [2.45, 2.75) is 6.42 Å². The lowest BCUT2D eigenvalue weighted by molar-refractivity contribution is -0.118. The van der Waals surface area contributed by atoms with Gasteiger partial charge in [0.1, 0.15) is 5.75 Å². The number of benzene rings is 2. The van der Waals surface area contributed by atoms with Gasteiger partial charge in [-0.15, -0.1) is 11.3 Å². The number of anilines is 2. The first-order valence-corrected chi connectivity index (χ1v) is 9.91. The number of ether oxygens (including phenoxy) is 1. The Morgan fingerprint density at radius 2 is 2.14 bits per heavy atom. The molecule has 2 amide bonds. The maximum atomic E-state index is 12.5. The summed E-state index contributed by atoms with van der Waals surface area (Å²) in [6.07, 6.45) is 2.13. The van der Waals surface area contributed by atoms with E-state index < -0.39 is 0 Å². The van der Waals surface area contributed by atoms with Crippen LogP contribution in [0.4, 0.5) is 10.8 Å². The summed E-state index contributed by atoms with van der Waals surface area (Å²) in [4.78, 5) is 31.7. The first-order chi connectivity index (χ1) is 14.2. The van der Waals surface area contributed by atoms with E-state index >= 15 is 0 Å². The number of fused-ring (bicyclic) bond motifs is 2. The molecule has 1 aliphatic heterocycles. The van der Waals surface area contributed by atoms with Crippen molar-refractivity contribution in [3.05, 3.63) is 59.6 Å². The second kappa shape index (κ2) is 7.06. The van der Waals surface area contributed by atoms with Gasteiger partial charge >= 0.3 is 0 Å². The highest BCUT2D eigenvalue weighted by Gasteiger charge is 2.17. The first kappa shape index (κ1) is 17.4. The normalized spacial score (nSPS) is 12.9. The highest BCUT2D eigenvalue weighted by molar-refractivity contribution is 7.14. The van der Waals surface area contributed by atoms with Crippen molar-refractivity contribution >= 4 is 44.9 Å². The Kier molecular flexibility index (Phi) is 4.25. The lowest BCUT2D eigenvalue weighted by Gasteiger charge is -2.18. The van der Waals surface area contributed by atoms with Crippen LogP contribution in [0.15, 0.2) is 54.0 Å². The van der Waals surface area contributed by atoms with Crippen molar-refractivity contribution in [2.75, 3.05) is 17.2 Å².